The van der Waals surface area contributed by atoms with E-state index in [9.17, 15) is 23.6 Å². The number of alkyl carbamates (subject to hydrolysis) is 2. The summed E-state index contributed by atoms with van der Waals surface area (Å²) < 4.78 is 23.2. The molecule has 1 aliphatic heterocycles. The Morgan fingerprint density at radius 2 is 1.49 bits per heavy atom. The molecule has 0 spiro atoms. The van der Waals surface area contributed by atoms with E-state index < -0.39 is 36.3 Å². The van der Waals surface area contributed by atoms with Crippen molar-refractivity contribution in [2.45, 2.75) is 37.9 Å². The summed E-state index contributed by atoms with van der Waals surface area (Å²) in [5, 5.41) is 8.94. The largest absolute Gasteiger partial charge is 0.453 e. The number of methoxy groups -OCH3 is 2. The SMILES string of the molecule is COC(=O)NCC(=O)N1CCC[C@@]1(C)c1nc2c(ccc3cc(-c4ccc5c(ccc6[nH]c(CN(CCF)C(=O)[C@H](NC(=O)OC)c7ccccc7)nc65)c4)ccc32)[nH]1. The van der Waals surface area contributed by atoms with E-state index in [1.54, 1.807) is 35.2 Å². The summed E-state index contributed by atoms with van der Waals surface area (Å²) in [4.78, 5) is 70.5. The van der Waals surface area contributed by atoms with E-state index in [1.807, 2.05) is 37.3 Å². The number of nitrogens with one attached hydrogen (secondary N) is 4. The molecule has 3 heterocycles. The van der Waals surface area contributed by atoms with Gasteiger partial charge in [0.25, 0.3) is 0 Å². The number of carbonyl (C=O) groups excluding carboxylic acids is 4. The van der Waals surface area contributed by atoms with Crippen LogP contribution < -0.4 is 10.6 Å². The molecule has 0 saturated carbocycles. The molecule has 302 valence electrons. The molecule has 1 fully saturated rings. The van der Waals surface area contributed by atoms with Gasteiger partial charge in [-0.1, -0.05) is 66.7 Å². The van der Waals surface area contributed by atoms with E-state index in [2.05, 4.69) is 55.7 Å². The lowest BCUT2D eigenvalue weighted by Crippen LogP contribution is -2.47. The number of hydrogen-bond acceptors (Lipinski definition) is 8. The van der Waals surface area contributed by atoms with Crippen LogP contribution in [0.2, 0.25) is 0 Å². The third kappa shape index (κ3) is 7.46. The lowest BCUT2D eigenvalue weighted by molar-refractivity contribution is -0.135. The smallest absolute Gasteiger partial charge is 0.407 e. The Balaban J connectivity index is 1.05. The number of fused-ring (bicyclic) bond motifs is 6. The predicted octanol–water partition coefficient (Wildman–Crippen LogP) is 7.00. The number of amides is 4. The van der Waals surface area contributed by atoms with E-state index in [-0.39, 0.29) is 25.5 Å². The molecule has 2 aromatic heterocycles. The van der Waals surface area contributed by atoms with Crippen molar-refractivity contribution in [3.05, 3.63) is 108 Å². The van der Waals surface area contributed by atoms with Gasteiger partial charge >= 0.3 is 12.2 Å². The molecule has 4 amide bonds. The van der Waals surface area contributed by atoms with Crippen LogP contribution in [-0.4, -0.2) is 94.3 Å². The zero-order chi connectivity index (χ0) is 41.3. The molecule has 5 aromatic carbocycles. The summed E-state index contributed by atoms with van der Waals surface area (Å²) in [6, 6.07) is 28.1. The quantitative estimate of drug-likeness (QED) is 0.108. The highest BCUT2D eigenvalue weighted by atomic mass is 19.1. The normalized spacial score (nSPS) is 15.8. The Bertz CT molecular complexity index is 2730. The minimum atomic E-state index is -1.08. The molecule has 0 unspecified atom stereocenters. The van der Waals surface area contributed by atoms with Crippen LogP contribution in [0.3, 0.4) is 0 Å². The first-order valence-corrected chi connectivity index (χ1v) is 19.3. The number of alkyl halides is 1. The average molecular weight is 799 g/mol. The molecule has 7 aromatic rings. The Kier molecular flexibility index (Phi) is 10.6. The zero-order valence-electron chi connectivity index (χ0n) is 32.8. The molecule has 2 atom stereocenters. The second-order valence-corrected chi connectivity index (χ2v) is 14.8. The summed E-state index contributed by atoms with van der Waals surface area (Å²) in [5.41, 5.74) is 5.07. The number of carbonyl (C=O) groups is 4. The van der Waals surface area contributed by atoms with Gasteiger partial charge in [-0.2, -0.15) is 0 Å². The second-order valence-electron chi connectivity index (χ2n) is 14.8. The van der Waals surface area contributed by atoms with Gasteiger partial charge in [0, 0.05) is 23.9 Å². The summed E-state index contributed by atoms with van der Waals surface area (Å²) in [7, 11) is 2.48. The maximum atomic E-state index is 13.8. The first kappa shape index (κ1) is 38.8. The van der Waals surface area contributed by atoms with Crippen molar-refractivity contribution < 1.29 is 33.0 Å². The van der Waals surface area contributed by atoms with Gasteiger partial charge in [0.05, 0.1) is 48.4 Å². The van der Waals surface area contributed by atoms with Gasteiger partial charge < -0.3 is 39.9 Å². The molecule has 0 bridgehead atoms. The lowest BCUT2D eigenvalue weighted by atomic mass is 9.97. The van der Waals surface area contributed by atoms with Gasteiger partial charge in [-0.15, -0.1) is 0 Å². The van der Waals surface area contributed by atoms with E-state index in [1.165, 1.54) is 19.1 Å². The number of imidazole rings is 2. The molecule has 59 heavy (non-hydrogen) atoms. The molecule has 4 N–H and O–H groups in total. The Hall–Kier alpha value is -7.03. The summed E-state index contributed by atoms with van der Waals surface area (Å²) in [5.74, 6) is 0.475. The Morgan fingerprint density at radius 1 is 0.847 bits per heavy atom. The Morgan fingerprint density at radius 3 is 2.14 bits per heavy atom. The molecule has 1 saturated heterocycles. The second kappa shape index (κ2) is 16.1. The molecule has 14 nitrogen and oxygen atoms in total. The fraction of sp³-hybridized carbons (Fsp3) is 0.273. The van der Waals surface area contributed by atoms with Gasteiger partial charge in [0.1, 0.15) is 30.9 Å². The lowest BCUT2D eigenvalue weighted by Gasteiger charge is -2.33. The van der Waals surface area contributed by atoms with Gasteiger partial charge in [-0.25, -0.2) is 23.9 Å². The number of H-pyrrole nitrogens is 2. The van der Waals surface area contributed by atoms with Crippen LogP contribution in [0.5, 0.6) is 0 Å². The van der Waals surface area contributed by atoms with Gasteiger partial charge in [0.2, 0.25) is 11.8 Å². The fourth-order valence-electron chi connectivity index (χ4n) is 8.11. The summed E-state index contributed by atoms with van der Waals surface area (Å²) in [6.45, 7) is 1.43. The van der Waals surface area contributed by atoms with Crippen molar-refractivity contribution in [3.8, 4) is 11.1 Å². The van der Waals surface area contributed by atoms with Crippen LogP contribution in [0, 0.1) is 0 Å². The summed E-state index contributed by atoms with van der Waals surface area (Å²) in [6.07, 6.45) is 0.112. The molecular formula is C44H43FN8O6. The molecule has 1 aliphatic rings. The maximum Gasteiger partial charge on any atom is 0.407 e. The molecular weight excluding hydrogens is 756 g/mol. The van der Waals surface area contributed by atoms with Crippen molar-refractivity contribution in [1.29, 1.82) is 0 Å². The zero-order valence-corrected chi connectivity index (χ0v) is 32.8. The maximum absolute atomic E-state index is 13.8. The number of hydrogen-bond donors (Lipinski definition) is 4. The highest BCUT2D eigenvalue weighted by Crippen LogP contribution is 2.39. The van der Waals surface area contributed by atoms with Crippen LogP contribution in [0.15, 0.2) is 91.0 Å². The highest BCUT2D eigenvalue weighted by Gasteiger charge is 2.43. The number of aromatic nitrogens is 4. The number of nitrogens with zero attached hydrogens (tertiary/aromatic N) is 4. The summed E-state index contributed by atoms with van der Waals surface area (Å²) >= 11 is 0. The first-order valence-electron chi connectivity index (χ1n) is 19.3. The van der Waals surface area contributed by atoms with Crippen LogP contribution in [0.4, 0.5) is 14.0 Å². The monoisotopic (exact) mass is 798 g/mol. The van der Waals surface area contributed by atoms with Crippen LogP contribution in [-0.2, 0) is 31.1 Å². The van der Waals surface area contributed by atoms with E-state index >= 15 is 0 Å². The van der Waals surface area contributed by atoms with Crippen molar-refractivity contribution in [2.75, 3.05) is 40.5 Å². The molecule has 0 aliphatic carbocycles. The first-order chi connectivity index (χ1) is 28.6. The van der Waals surface area contributed by atoms with Crippen molar-refractivity contribution in [1.82, 2.24) is 40.4 Å². The standard InChI is InChI=1S/C44H43FN8O6/c1-44(18-7-20-53(44)36(54)24-46-42(56)58-2)41-48-34-17-13-30-23-28(11-15-32(30)39(34)50-41)27-10-14-31-29(22-27)12-16-33-38(31)49-35(47-33)25-52(21-19-45)40(55)37(51-43(57)59-3)26-8-5-4-6-9-26/h4-6,8-17,22-23,37H,7,18-21,24-25H2,1-3H3,(H,46,56)(H,47,49)(H,48,50)(H,51,57)/t37-,44+/m1/s1. The number of ether oxygens (including phenoxy) is 2. The Labute approximate surface area is 338 Å². The fourth-order valence-corrected chi connectivity index (χ4v) is 8.11. The van der Waals surface area contributed by atoms with Gasteiger partial charge in [-0.05, 0) is 71.5 Å². The van der Waals surface area contributed by atoms with Gasteiger partial charge in [-0.3, -0.25) is 9.59 Å². The highest BCUT2D eigenvalue weighted by molar-refractivity contribution is 6.07. The molecule has 15 heteroatoms. The number of halogens is 1. The average Bonchev–Trinajstić information content (AvgIpc) is 4.01. The third-order valence-electron chi connectivity index (χ3n) is 11.2. The number of rotatable bonds is 11. The predicted molar refractivity (Wildman–Crippen MR) is 221 cm³/mol. The van der Waals surface area contributed by atoms with Crippen molar-refractivity contribution in [2.24, 2.45) is 0 Å². The van der Waals surface area contributed by atoms with Gasteiger partial charge in [0.15, 0.2) is 0 Å². The number of likely N-dealkylation sites (tertiary alicyclic amines) is 1. The molecule has 8 rings (SSSR count). The van der Waals surface area contributed by atoms with Crippen LogP contribution in [0.1, 0.15) is 43.0 Å². The minimum absolute atomic E-state index is 0.00477. The van der Waals surface area contributed by atoms with E-state index in [0.29, 0.717) is 23.8 Å². The third-order valence-corrected chi connectivity index (χ3v) is 11.2. The molecule has 0 radical (unpaired) electrons. The van der Waals surface area contributed by atoms with E-state index in [4.69, 9.17) is 14.7 Å². The number of benzene rings is 5. The van der Waals surface area contributed by atoms with Crippen LogP contribution in [0.25, 0.3) is 54.7 Å². The number of aromatic amines is 2. The topological polar surface area (TPSA) is 175 Å². The van der Waals surface area contributed by atoms with Crippen LogP contribution >= 0.6 is 0 Å². The van der Waals surface area contributed by atoms with E-state index in [0.717, 1.165) is 67.6 Å². The van der Waals surface area contributed by atoms with Crippen molar-refractivity contribution in [3.63, 3.8) is 0 Å². The minimum Gasteiger partial charge on any atom is -0.453 e. The van der Waals surface area contributed by atoms with Crippen molar-refractivity contribution >= 4 is 67.6 Å².